The number of aromatic amines is 1. The van der Waals surface area contributed by atoms with E-state index in [9.17, 15) is 14.4 Å². The van der Waals surface area contributed by atoms with E-state index in [1.807, 2.05) is 13.8 Å². The number of carbonyl (C=O) groups is 2. The molecule has 0 saturated carbocycles. The Morgan fingerprint density at radius 1 is 1.39 bits per heavy atom. The summed E-state index contributed by atoms with van der Waals surface area (Å²) in [6, 6.07) is 3.00. The maximum atomic E-state index is 12.4. The van der Waals surface area contributed by atoms with E-state index < -0.39 is 11.5 Å². The smallest absolute Gasteiger partial charge is 0.291 e. The number of hydrogen-bond acceptors (Lipinski definition) is 8. The van der Waals surface area contributed by atoms with Crippen molar-refractivity contribution >= 4 is 35.1 Å². The molecule has 2 atom stereocenters. The molecule has 0 spiro atoms. The molecule has 3 rings (SSSR count). The van der Waals surface area contributed by atoms with Crippen LogP contribution in [0.3, 0.4) is 0 Å². The van der Waals surface area contributed by atoms with Gasteiger partial charge in [0.1, 0.15) is 0 Å². The lowest BCUT2D eigenvalue weighted by Gasteiger charge is -2.35. The zero-order valence-corrected chi connectivity index (χ0v) is 16.2. The Morgan fingerprint density at radius 3 is 2.71 bits per heavy atom. The number of aromatic nitrogens is 2. The number of amides is 2. The number of rotatable bonds is 5. The van der Waals surface area contributed by atoms with Crippen LogP contribution in [0.2, 0.25) is 0 Å². The largest absolute Gasteiger partial charge is 0.459 e. The van der Waals surface area contributed by atoms with E-state index >= 15 is 0 Å². The SMILES string of the molecule is CC1CN(C(=O)CSc2nc(N)c(NC(=O)c3ccco3)c(=O)[nH]2)CC(C)O1. The second kappa shape index (κ2) is 8.48. The fourth-order valence-electron chi connectivity index (χ4n) is 2.84. The summed E-state index contributed by atoms with van der Waals surface area (Å²) in [5.74, 6) is -0.706. The molecular formula is C17H21N5O5S. The third-order valence-electron chi connectivity index (χ3n) is 4.01. The minimum atomic E-state index is -0.616. The lowest BCUT2D eigenvalue weighted by Crippen LogP contribution is -2.48. The monoisotopic (exact) mass is 407 g/mol. The highest BCUT2D eigenvalue weighted by Gasteiger charge is 2.26. The highest BCUT2D eigenvalue weighted by Crippen LogP contribution is 2.19. The molecule has 2 aromatic rings. The number of nitrogen functional groups attached to an aromatic ring is 1. The molecule has 10 nitrogen and oxygen atoms in total. The highest BCUT2D eigenvalue weighted by atomic mass is 32.2. The van der Waals surface area contributed by atoms with Crippen LogP contribution in [0.5, 0.6) is 0 Å². The first-order valence-corrected chi connectivity index (χ1v) is 9.62. The van der Waals surface area contributed by atoms with Gasteiger partial charge in [-0.3, -0.25) is 19.4 Å². The molecule has 0 bridgehead atoms. The van der Waals surface area contributed by atoms with Crippen molar-refractivity contribution in [1.29, 1.82) is 0 Å². The lowest BCUT2D eigenvalue weighted by molar-refractivity contribution is -0.140. The molecule has 28 heavy (non-hydrogen) atoms. The van der Waals surface area contributed by atoms with Crippen LogP contribution in [0.4, 0.5) is 11.5 Å². The maximum Gasteiger partial charge on any atom is 0.291 e. The number of ether oxygens (including phenoxy) is 1. The first-order valence-electron chi connectivity index (χ1n) is 8.64. The Hall–Kier alpha value is -2.79. The number of H-pyrrole nitrogens is 1. The van der Waals surface area contributed by atoms with Gasteiger partial charge in [-0.05, 0) is 26.0 Å². The van der Waals surface area contributed by atoms with Gasteiger partial charge in [0.25, 0.3) is 11.5 Å². The summed E-state index contributed by atoms with van der Waals surface area (Å²) in [7, 11) is 0. The number of nitrogens with one attached hydrogen (secondary N) is 2. The van der Waals surface area contributed by atoms with Crippen molar-refractivity contribution in [2.24, 2.45) is 0 Å². The van der Waals surface area contributed by atoms with Gasteiger partial charge in [-0.25, -0.2) is 4.98 Å². The van der Waals surface area contributed by atoms with Crippen LogP contribution in [-0.4, -0.2) is 57.7 Å². The van der Waals surface area contributed by atoms with Crippen LogP contribution in [0.15, 0.2) is 32.8 Å². The van der Waals surface area contributed by atoms with Crippen LogP contribution in [0, 0.1) is 0 Å². The van der Waals surface area contributed by atoms with Crippen molar-refractivity contribution in [2.75, 3.05) is 29.9 Å². The average Bonchev–Trinajstić information content (AvgIpc) is 3.16. The Labute approximate surface area is 164 Å². The van der Waals surface area contributed by atoms with E-state index in [0.717, 1.165) is 11.8 Å². The average molecular weight is 407 g/mol. The van der Waals surface area contributed by atoms with E-state index in [1.54, 1.807) is 11.0 Å². The van der Waals surface area contributed by atoms with Crippen LogP contribution < -0.4 is 16.6 Å². The first-order chi connectivity index (χ1) is 13.3. The number of carbonyl (C=O) groups excluding carboxylic acids is 2. The minimum absolute atomic E-state index is 0.0247. The molecule has 150 valence electrons. The van der Waals surface area contributed by atoms with Crippen molar-refractivity contribution in [2.45, 2.75) is 31.2 Å². The van der Waals surface area contributed by atoms with Gasteiger partial charge in [-0.2, -0.15) is 0 Å². The third-order valence-corrected chi connectivity index (χ3v) is 4.87. The molecule has 2 unspecified atom stereocenters. The minimum Gasteiger partial charge on any atom is -0.459 e. The van der Waals surface area contributed by atoms with E-state index in [4.69, 9.17) is 14.9 Å². The Bertz CT molecular complexity index is 903. The number of furan rings is 1. The number of thioether (sulfide) groups is 1. The maximum absolute atomic E-state index is 12.4. The van der Waals surface area contributed by atoms with Gasteiger partial charge in [0.2, 0.25) is 5.91 Å². The van der Waals surface area contributed by atoms with Crippen molar-refractivity contribution in [3.05, 3.63) is 34.5 Å². The van der Waals surface area contributed by atoms with Crippen molar-refractivity contribution < 1.29 is 18.7 Å². The topological polar surface area (TPSA) is 144 Å². The first kappa shape index (κ1) is 20.0. The second-order valence-electron chi connectivity index (χ2n) is 6.41. The predicted octanol–water partition coefficient (Wildman–Crippen LogP) is 0.925. The molecule has 1 fully saturated rings. The van der Waals surface area contributed by atoms with E-state index in [0.29, 0.717) is 13.1 Å². The van der Waals surface area contributed by atoms with Crippen LogP contribution in [0.1, 0.15) is 24.4 Å². The number of hydrogen-bond donors (Lipinski definition) is 3. The molecule has 0 radical (unpaired) electrons. The summed E-state index contributed by atoms with van der Waals surface area (Å²) in [5.41, 5.74) is 5.02. The Morgan fingerprint density at radius 2 is 2.11 bits per heavy atom. The van der Waals surface area contributed by atoms with Crippen molar-refractivity contribution in [3.8, 4) is 0 Å². The van der Waals surface area contributed by atoms with Crippen LogP contribution in [0.25, 0.3) is 0 Å². The number of anilines is 2. The number of nitrogens with zero attached hydrogens (tertiary/aromatic N) is 2. The Kier molecular flexibility index (Phi) is 6.05. The zero-order chi connectivity index (χ0) is 20.3. The zero-order valence-electron chi connectivity index (χ0n) is 15.4. The van der Waals surface area contributed by atoms with Crippen LogP contribution >= 0.6 is 11.8 Å². The number of nitrogens with two attached hydrogens (primary N) is 1. The van der Waals surface area contributed by atoms with Crippen molar-refractivity contribution in [1.82, 2.24) is 14.9 Å². The number of morpholine rings is 1. The van der Waals surface area contributed by atoms with Gasteiger partial charge >= 0.3 is 0 Å². The predicted molar refractivity (Wildman–Crippen MR) is 103 cm³/mol. The molecule has 0 aliphatic carbocycles. The summed E-state index contributed by atoms with van der Waals surface area (Å²) >= 11 is 1.07. The second-order valence-corrected chi connectivity index (χ2v) is 7.37. The fraction of sp³-hybridized carbons (Fsp3) is 0.412. The van der Waals surface area contributed by atoms with E-state index in [2.05, 4.69) is 15.3 Å². The molecule has 1 aliphatic rings. The summed E-state index contributed by atoms with van der Waals surface area (Å²) in [4.78, 5) is 45.0. The van der Waals surface area contributed by atoms with E-state index in [-0.39, 0.29) is 46.3 Å². The summed E-state index contributed by atoms with van der Waals surface area (Å²) in [6.45, 7) is 4.87. The van der Waals surface area contributed by atoms with Gasteiger partial charge < -0.3 is 25.1 Å². The quantitative estimate of drug-likeness (QED) is 0.490. The molecule has 1 saturated heterocycles. The molecule has 2 amide bonds. The molecular weight excluding hydrogens is 386 g/mol. The molecule has 3 heterocycles. The molecule has 0 aromatic carbocycles. The van der Waals surface area contributed by atoms with Crippen LogP contribution in [-0.2, 0) is 9.53 Å². The summed E-state index contributed by atoms with van der Waals surface area (Å²) < 4.78 is 10.6. The van der Waals surface area contributed by atoms with Gasteiger partial charge in [-0.1, -0.05) is 11.8 Å². The van der Waals surface area contributed by atoms with Gasteiger partial charge in [0, 0.05) is 13.1 Å². The normalized spacial score (nSPS) is 19.4. The summed E-state index contributed by atoms with van der Waals surface area (Å²) in [6.07, 6.45) is 1.29. The standard InChI is InChI=1S/C17H21N5O5S/c1-9-6-22(7-10(2)27-9)12(23)8-28-17-20-14(18)13(16(25)21-17)19-15(24)11-4-3-5-26-11/h3-5,9-10H,6-8H2,1-2H3,(H,19,24)(H3,18,20,21,25). The molecule has 4 N–H and O–H groups in total. The van der Waals surface area contributed by atoms with Gasteiger partial charge in [-0.15, -0.1) is 0 Å². The Balaban J connectivity index is 1.63. The highest BCUT2D eigenvalue weighted by molar-refractivity contribution is 7.99. The van der Waals surface area contributed by atoms with E-state index in [1.165, 1.54) is 12.3 Å². The van der Waals surface area contributed by atoms with Crippen molar-refractivity contribution in [3.63, 3.8) is 0 Å². The lowest BCUT2D eigenvalue weighted by atomic mass is 10.2. The summed E-state index contributed by atoms with van der Waals surface area (Å²) in [5, 5.41) is 2.57. The van der Waals surface area contributed by atoms with Gasteiger partial charge in [0.15, 0.2) is 22.4 Å². The third kappa shape index (κ3) is 4.73. The fourth-order valence-corrected chi connectivity index (χ4v) is 3.61. The molecule has 1 aliphatic heterocycles. The molecule has 11 heteroatoms. The molecule has 2 aromatic heterocycles. The van der Waals surface area contributed by atoms with Gasteiger partial charge in [0.05, 0.1) is 24.2 Å².